The molecule has 2 aromatic rings. The van der Waals surface area contributed by atoms with E-state index in [0.717, 1.165) is 0 Å². The zero-order chi connectivity index (χ0) is 17.5. The highest BCUT2D eigenvalue weighted by molar-refractivity contribution is 6.02. The number of hydrogen-bond acceptors (Lipinski definition) is 5. The number of ether oxygens (including phenoxy) is 2. The monoisotopic (exact) mass is 328 g/mol. The molecule has 24 heavy (non-hydrogen) atoms. The van der Waals surface area contributed by atoms with Crippen molar-refractivity contribution in [3.63, 3.8) is 0 Å². The van der Waals surface area contributed by atoms with Crippen LogP contribution in [0.5, 0.6) is 11.5 Å². The summed E-state index contributed by atoms with van der Waals surface area (Å²) in [5.74, 6) is 0.719. The molecule has 0 aliphatic heterocycles. The number of nitrogens with one attached hydrogen (secondary N) is 1. The third kappa shape index (κ3) is 4.57. The second-order valence-corrected chi connectivity index (χ2v) is 4.78. The van der Waals surface area contributed by atoms with Crippen LogP contribution in [0.2, 0.25) is 0 Å². The van der Waals surface area contributed by atoms with Crippen molar-refractivity contribution in [1.29, 1.82) is 0 Å². The lowest BCUT2D eigenvalue weighted by atomic mass is 10.2. The standard InChI is InChI=1S/C17H16N2O5/c1-23-15-9-13(10-16(11-15)24-2)18-17(20)7-6-12-4-3-5-14(8-12)19(21)22/h3-11H,1-2H3,(H,18,20)/b7-6+. The summed E-state index contributed by atoms with van der Waals surface area (Å²) in [6.45, 7) is 0. The Kier molecular flexibility index (Phi) is 5.51. The minimum atomic E-state index is -0.486. The molecule has 0 bridgehead atoms. The predicted molar refractivity (Wildman–Crippen MR) is 90.3 cm³/mol. The molecule has 2 aromatic carbocycles. The van der Waals surface area contributed by atoms with Crippen LogP contribution in [0.15, 0.2) is 48.5 Å². The van der Waals surface area contributed by atoms with E-state index in [1.54, 1.807) is 30.3 Å². The molecule has 0 unspecified atom stereocenters. The van der Waals surface area contributed by atoms with Crippen LogP contribution in [-0.4, -0.2) is 25.1 Å². The number of nitrogens with zero attached hydrogens (tertiary/aromatic N) is 1. The molecule has 0 saturated heterocycles. The van der Waals surface area contributed by atoms with Gasteiger partial charge in [0.1, 0.15) is 11.5 Å². The second kappa shape index (κ2) is 7.77. The van der Waals surface area contributed by atoms with Gasteiger partial charge in [0.05, 0.1) is 19.1 Å². The third-order valence-electron chi connectivity index (χ3n) is 3.13. The van der Waals surface area contributed by atoms with E-state index >= 15 is 0 Å². The molecule has 0 atom stereocenters. The molecule has 0 radical (unpaired) electrons. The van der Waals surface area contributed by atoms with Crippen LogP contribution >= 0.6 is 0 Å². The average molecular weight is 328 g/mol. The van der Waals surface area contributed by atoms with Gasteiger partial charge in [0.25, 0.3) is 5.69 Å². The summed E-state index contributed by atoms with van der Waals surface area (Å²) in [7, 11) is 3.03. The van der Waals surface area contributed by atoms with E-state index in [9.17, 15) is 14.9 Å². The summed E-state index contributed by atoms with van der Waals surface area (Å²) in [6.07, 6.45) is 2.80. The average Bonchev–Trinajstić information content (AvgIpc) is 2.59. The van der Waals surface area contributed by atoms with Crippen LogP contribution in [0.3, 0.4) is 0 Å². The number of amides is 1. The number of nitro benzene ring substituents is 1. The molecular formula is C17H16N2O5. The minimum absolute atomic E-state index is 0.0323. The van der Waals surface area contributed by atoms with Crippen LogP contribution in [0.25, 0.3) is 6.08 Å². The highest BCUT2D eigenvalue weighted by Gasteiger charge is 2.06. The summed E-state index contributed by atoms with van der Waals surface area (Å²) in [5.41, 5.74) is 1.04. The van der Waals surface area contributed by atoms with Gasteiger partial charge in [-0.25, -0.2) is 0 Å². The Bertz CT molecular complexity index is 764. The van der Waals surface area contributed by atoms with Crippen molar-refractivity contribution in [3.05, 3.63) is 64.2 Å². The molecule has 7 nitrogen and oxygen atoms in total. The Labute approximate surface area is 138 Å². The Hall–Kier alpha value is -3.35. The first-order valence-electron chi connectivity index (χ1n) is 6.98. The van der Waals surface area contributed by atoms with E-state index in [2.05, 4.69) is 5.32 Å². The topological polar surface area (TPSA) is 90.7 Å². The van der Waals surface area contributed by atoms with Crippen molar-refractivity contribution in [3.8, 4) is 11.5 Å². The largest absolute Gasteiger partial charge is 0.497 e. The quantitative estimate of drug-likeness (QED) is 0.499. The van der Waals surface area contributed by atoms with E-state index in [1.165, 1.54) is 38.5 Å². The van der Waals surface area contributed by atoms with Crippen LogP contribution in [0.4, 0.5) is 11.4 Å². The van der Waals surface area contributed by atoms with Crippen molar-refractivity contribution in [2.45, 2.75) is 0 Å². The van der Waals surface area contributed by atoms with Crippen molar-refractivity contribution in [2.75, 3.05) is 19.5 Å². The minimum Gasteiger partial charge on any atom is -0.497 e. The summed E-state index contributed by atoms with van der Waals surface area (Å²) in [4.78, 5) is 22.2. The van der Waals surface area contributed by atoms with Crippen molar-refractivity contribution in [2.24, 2.45) is 0 Å². The number of carbonyl (C=O) groups is 1. The van der Waals surface area contributed by atoms with Gasteiger partial charge in [0.2, 0.25) is 5.91 Å². The number of methoxy groups -OCH3 is 2. The van der Waals surface area contributed by atoms with Crippen molar-refractivity contribution in [1.82, 2.24) is 0 Å². The third-order valence-corrected chi connectivity index (χ3v) is 3.13. The highest BCUT2D eigenvalue weighted by atomic mass is 16.6. The zero-order valence-corrected chi connectivity index (χ0v) is 13.2. The molecule has 124 valence electrons. The Morgan fingerprint density at radius 3 is 2.38 bits per heavy atom. The molecule has 1 amide bonds. The van der Waals surface area contributed by atoms with E-state index in [-0.39, 0.29) is 11.6 Å². The van der Waals surface area contributed by atoms with Gasteiger partial charge in [-0.05, 0) is 11.6 Å². The summed E-state index contributed by atoms with van der Waals surface area (Å²) in [5, 5.41) is 13.4. The van der Waals surface area contributed by atoms with Gasteiger partial charge in [-0.2, -0.15) is 0 Å². The fourth-order valence-corrected chi connectivity index (χ4v) is 1.98. The Balaban J connectivity index is 2.10. The van der Waals surface area contributed by atoms with Gasteiger partial charge in [0, 0.05) is 42.1 Å². The molecule has 2 rings (SSSR count). The Morgan fingerprint density at radius 1 is 1.12 bits per heavy atom. The number of rotatable bonds is 6. The molecule has 0 aromatic heterocycles. The van der Waals surface area contributed by atoms with E-state index in [1.807, 2.05) is 0 Å². The van der Waals surface area contributed by atoms with Gasteiger partial charge in [-0.15, -0.1) is 0 Å². The van der Waals surface area contributed by atoms with E-state index < -0.39 is 4.92 Å². The second-order valence-electron chi connectivity index (χ2n) is 4.78. The summed E-state index contributed by atoms with van der Waals surface area (Å²) < 4.78 is 10.3. The molecule has 0 aliphatic rings. The lowest BCUT2D eigenvalue weighted by Crippen LogP contribution is -2.08. The molecule has 0 fully saturated rings. The Morgan fingerprint density at radius 2 is 1.79 bits per heavy atom. The first kappa shape index (κ1) is 17.0. The van der Waals surface area contributed by atoms with Crippen LogP contribution < -0.4 is 14.8 Å². The fraction of sp³-hybridized carbons (Fsp3) is 0.118. The normalized spacial score (nSPS) is 10.4. The van der Waals surface area contributed by atoms with Crippen molar-refractivity contribution >= 4 is 23.4 Å². The summed E-state index contributed by atoms with van der Waals surface area (Å²) >= 11 is 0. The van der Waals surface area contributed by atoms with Crippen molar-refractivity contribution < 1.29 is 19.2 Å². The van der Waals surface area contributed by atoms with Gasteiger partial charge < -0.3 is 14.8 Å². The smallest absolute Gasteiger partial charge is 0.270 e. The van der Waals surface area contributed by atoms with Gasteiger partial charge in [-0.1, -0.05) is 12.1 Å². The van der Waals surface area contributed by atoms with E-state index in [0.29, 0.717) is 22.7 Å². The number of anilines is 1. The number of carbonyl (C=O) groups excluding carboxylic acids is 1. The first-order valence-corrected chi connectivity index (χ1v) is 6.98. The predicted octanol–water partition coefficient (Wildman–Crippen LogP) is 3.26. The lowest BCUT2D eigenvalue weighted by molar-refractivity contribution is -0.384. The SMILES string of the molecule is COc1cc(NC(=O)/C=C/c2cccc([N+](=O)[O-])c2)cc(OC)c1. The first-order chi connectivity index (χ1) is 11.5. The van der Waals surface area contributed by atoms with Crippen LogP contribution in [-0.2, 0) is 4.79 Å². The van der Waals surface area contributed by atoms with E-state index in [4.69, 9.17) is 9.47 Å². The molecular weight excluding hydrogens is 312 g/mol. The molecule has 0 heterocycles. The maximum absolute atomic E-state index is 12.0. The number of nitro groups is 1. The van der Waals surface area contributed by atoms with Crippen LogP contribution in [0, 0.1) is 10.1 Å². The lowest BCUT2D eigenvalue weighted by Gasteiger charge is -2.08. The molecule has 0 aliphatic carbocycles. The maximum atomic E-state index is 12.0. The molecule has 0 spiro atoms. The highest BCUT2D eigenvalue weighted by Crippen LogP contribution is 2.25. The number of non-ortho nitro benzene ring substituents is 1. The van der Waals surface area contributed by atoms with Gasteiger partial charge >= 0.3 is 0 Å². The summed E-state index contributed by atoms with van der Waals surface area (Å²) in [6, 6.07) is 11.0. The molecule has 7 heteroatoms. The van der Waals surface area contributed by atoms with Gasteiger partial charge in [0.15, 0.2) is 0 Å². The fourth-order valence-electron chi connectivity index (χ4n) is 1.98. The van der Waals surface area contributed by atoms with Gasteiger partial charge in [-0.3, -0.25) is 14.9 Å². The maximum Gasteiger partial charge on any atom is 0.270 e. The number of benzene rings is 2. The molecule has 0 saturated carbocycles. The van der Waals surface area contributed by atoms with Crippen LogP contribution in [0.1, 0.15) is 5.56 Å². The molecule has 1 N–H and O–H groups in total. The zero-order valence-electron chi connectivity index (χ0n) is 13.2. The number of hydrogen-bond donors (Lipinski definition) is 1.